The van der Waals surface area contributed by atoms with E-state index in [0.29, 0.717) is 11.6 Å². The second-order valence-electron chi connectivity index (χ2n) is 8.55. The van der Waals surface area contributed by atoms with Crippen molar-refractivity contribution in [3.63, 3.8) is 0 Å². The van der Waals surface area contributed by atoms with Crippen molar-refractivity contribution in [3.05, 3.63) is 64.7 Å². The standard InChI is InChI=1S/C25H31NO4/c1-4-30-22-14-20-11-12-25(15-22,19-7-10-23(24(27)28)17(2)13-19)26(20)16-18-5-8-21(29-3)9-6-18/h5-10,13,20,22H,4,11-12,14-16H2,1-3H3,(H,27,28). The Labute approximate surface area is 178 Å². The Morgan fingerprint density at radius 3 is 2.63 bits per heavy atom. The predicted molar refractivity (Wildman–Crippen MR) is 116 cm³/mol. The molecule has 2 aliphatic heterocycles. The molecule has 4 rings (SSSR count). The van der Waals surface area contributed by atoms with Crippen molar-refractivity contribution in [1.82, 2.24) is 4.90 Å². The minimum Gasteiger partial charge on any atom is -0.497 e. The van der Waals surface area contributed by atoms with Gasteiger partial charge in [-0.15, -0.1) is 0 Å². The van der Waals surface area contributed by atoms with Gasteiger partial charge in [0.05, 0.1) is 18.8 Å². The Bertz CT molecular complexity index is 910. The van der Waals surface area contributed by atoms with Crippen LogP contribution in [0.5, 0.6) is 5.75 Å². The van der Waals surface area contributed by atoms with Gasteiger partial charge in [-0.3, -0.25) is 4.90 Å². The molecular weight excluding hydrogens is 378 g/mol. The van der Waals surface area contributed by atoms with E-state index in [0.717, 1.165) is 50.1 Å². The van der Waals surface area contributed by atoms with Crippen LogP contribution in [0.25, 0.3) is 0 Å². The number of piperidine rings is 1. The van der Waals surface area contributed by atoms with E-state index in [-0.39, 0.29) is 11.6 Å². The number of hydrogen-bond acceptors (Lipinski definition) is 4. The van der Waals surface area contributed by atoms with Crippen LogP contribution < -0.4 is 4.74 Å². The van der Waals surface area contributed by atoms with E-state index in [2.05, 4.69) is 30.0 Å². The summed E-state index contributed by atoms with van der Waals surface area (Å²) in [7, 11) is 1.69. The first-order chi connectivity index (χ1) is 14.5. The molecule has 0 amide bonds. The number of aromatic carboxylic acids is 1. The molecule has 2 heterocycles. The van der Waals surface area contributed by atoms with Crippen LogP contribution in [0.15, 0.2) is 42.5 Å². The topological polar surface area (TPSA) is 59.0 Å². The molecule has 0 aliphatic carbocycles. The third-order valence-corrected chi connectivity index (χ3v) is 6.89. The van der Waals surface area contributed by atoms with Gasteiger partial charge in [0, 0.05) is 24.7 Å². The van der Waals surface area contributed by atoms with E-state index >= 15 is 0 Å². The number of nitrogens with zero attached hydrogens (tertiary/aromatic N) is 1. The fraction of sp³-hybridized carbons (Fsp3) is 0.480. The molecule has 2 aromatic rings. The minimum absolute atomic E-state index is 0.121. The van der Waals surface area contributed by atoms with Crippen molar-refractivity contribution in [1.29, 1.82) is 0 Å². The quantitative estimate of drug-likeness (QED) is 0.714. The van der Waals surface area contributed by atoms with E-state index in [9.17, 15) is 9.90 Å². The van der Waals surface area contributed by atoms with Crippen LogP contribution in [0.4, 0.5) is 0 Å². The van der Waals surface area contributed by atoms with Crippen molar-refractivity contribution in [2.45, 2.75) is 63.8 Å². The van der Waals surface area contributed by atoms with Gasteiger partial charge in [-0.05, 0) is 74.4 Å². The highest BCUT2D eigenvalue weighted by atomic mass is 16.5. The Morgan fingerprint density at radius 1 is 1.23 bits per heavy atom. The van der Waals surface area contributed by atoms with Crippen LogP contribution in [-0.2, 0) is 16.8 Å². The maximum atomic E-state index is 11.5. The second-order valence-corrected chi connectivity index (χ2v) is 8.55. The van der Waals surface area contributed by atoms with E-state index in [1.165, 1.54) is 11.1 Å². The molecule has 2 bridgehead atoms. The molecule has 160 valence electrons. The zero-order valence-electron chi connectivity index (χ0n) is 18.1. The van der Waals surface area contributed by atoms with Gasteiger partial charge >= 0.3 is 5.97 Å². The summed E-state index contributed by atoms with van der Waals surface area (Å²) in [5, 5.41) is 9.46. The first-order valence-corrected chi connectivity index (χ1v) is 10.8. The van der Waals surface area contributed by atoms with Gasteiger partial charge < -0.3 is 14.6 Å². The van der Waals surface area contributed by atoms with Crippen molar-refractivity contribution in [2.24, 2.45) is 0 Å². The summed E-state index contributed by atoms with van der Waals surface area (Å²) in [5.41, 5.74) is 3.56. The molecule has 3 atom stereocenters. The average molecular weight is 410 g/mol. The fourth-order valence-electron chi connectivity index (χ4n) is 5.47. The van der Waals surface area contributed by atoms with Crippen molar-refractivity contribution >= 4 is 5.97 Å². The highest BCUT2D eigenvalue weighted by Gasteiger charge is 2.52. The Hall–Kier alpha value is -2.37. The maximum Gasteiger partial charge on any atom is 0.335 e. The molecule has 2 fully saturated rings. The van der Waals surface area contributed by atoms with Crippen LogP contribution in [0.1, 0.15) is 59.7 Å². The van der Waals surface area contributed by atoms with Gasteiger partial charge in [-0.2, -0.15) is 0 Å². The van der Waals surface area contributed by atoms with Crippen molar-refractivity contribution in [3.8, 4) is 5.75 Å². The zero-order chi connectivity index (χ0) is 21.3. The molecule has 2 aromatic carbocycles. The van der Waals surface area contributed by atoms with Crippen LogP contribution in [0.3, 0.4) is 0 Å². The van der Waals surface area contributed by atoms with E-state index in [1.54, 1.807) is 13.2 Å². The molecule has 2 aliphatic rings. The third kappa shape index (κ3) is 3.72. The van der Waals surface area contributed by atoms with Crippen LogP contribution in [0.2, 0.25) is 0 Å². The normalized spacial score (nSPS) is 26.0. The smallest absolute Gasteiger partial charge is 0.335 e. The molecule has 5 nitrogen and oxygen atoms in total. The first-order valence-electron chi connectivity index (χ1n) is 10.8. The summed E-state index contributed by atoms with van der Waals surface area (Å²) in [6.07, 6.45) is 4.45. The largest absolute Gasteiger partial charge is 0.497 e. The number of fused-ring (bicyclic) bond motifs is 2. The zero-order valence-corrected chi connectivity index (χ0v) is 18.1. The molecule has 30 heavy (non-hydrogen) atoms. The van der Waals surface area contributed by atoms with Gasteiger partial charge in [0.1, 0.15) is 5.75 Å². The molecule has 0 spiro atoms. The minimum atomic E-state index is -0.869. The molecule has 2 saturated heterocycles. The van der Waals surface area contributed by atoms with Gasteiger partial charge in [0.25, 0.3) is 0 Å². The summed E-state index contributed by atoms with van der Waals surface area (Å²) in [6, 6.07) is 14.7. The number of carboxylic acids is 1. The lowest BCUT2D eigenvalue weighted by atomic mass is 9.79. The number of benzene rings is 2. The van der Waals surface area contributed by atoms with Crippen LogP contribution >= 0.6 is 0 Å². The number of carboxylic acid groups (broad SMARTS) is 1. The van der Waals surface area contributed by atoms with E-state index in [4.69, 9.17) is 9.47 Å². The number of ether oxygens (including phenoxy) is 2. The Balaban J connectivity index is 1.71. The Kier molecular flexibility index (Phi) is 5.85. The lowest BCUT2D eigenvalue weighted by Crippen LogP contribution is -2.52. The van der Waals surface area contributed by atoms with Gasteiger partial charge in [-0.1, -0.05) is 24.3 Å². The number of methoxy groups -OCH3 is 1. The Morgan fingerprint density at radius 2 is 2.00 bits per heavy atom. The monoisotopic (exact) mass is 409 g/mol. The van der Waals surface area contributed by atoms with Crippen molar-refractivity contribution in [2.75, 3.05) is 13.7 Å². The summed E-state index contributed by atoms with van der Waals surface area (Å²) < 4.78 is 11.4. The van der Waals surface area contributed by atoms with E-state index < -0.39 is 5.97 Å². The maximum absolute atomic E-state index is 11.5. The lowest BCUT2D eigenvalue weighted by molar-refractivity contribution is -0.0593. The SMILES string of the molecule is CCOC1CC2CCC(c3ccc(C(=O)O)c(C)c3)(C1)N2Cc1ccc(OC)cc1. The van der Waals surface area contributed by atoms with Crippen LogP contribution in [-0.4, -0.2) is 41.8 Å². The molecular formula is C25H31NO4. The van der Waals surface area contributed by atoms with Gasteiger partial charge in [0.15, 0.2) is 0 Å². The fourth-order valence-corrected chi connectivity index (χ4v) is 5.47. The van der Waals surface area contributed by atoms with Gasteiger partial charge in [-0.25, -0.2) is 4.79 Å². The molecule has 0 saturated carbocycles. The highest BCUT2D eigenvalue weighted by molar-refractivity contribution is 5.89. The highest BCUT2D eigenvalue weighted by Crippen LogP contribution is 2.52. The van der Waals surface area contributed by atoms with Gasteiger partial charge in [0.2, 0.25) is 0 Å². The molecule has 5 heteroatoms. The van der Waals surface area contributed by atoms with E-state index in [1.807, 2.05) is 25.1 Å². The van der Waals surface area contributed by atoms with Crippen LogP contribution in [0, 0.1) is 6.92 Å². The summed E-state index contributed by atoms with van der Waals surface area (Å²) in [4.78, 5) is 14.2. The second kappa shape index (κ2) is 8.40. The lowest BCUT2D eigenvalue weighted by Gasteiger charge is -2.48. The van der Waals surface area contributed by atoms with Crippen molar-refractivity contribution < 1.29 is 19.4 Å². The predicted octanol–water partition coefficient (Wildman–Crippen LogP) is 4.76. The number of hydrogen-bond donors (Lipinski definition) is 1. The average Bonchev–Trinajstić information content (AvgIpc) is 2.94. The molecule has 3 unspecified atom stereocenters. The number of carbonyl (C=O) groups is 1. The third-order valence-electron chi connectivity index (χ3n) is 6.89. The molecule has 1 N–H and O–H groups in total. The molecule has 0 aromatic heterocycles. The first kappa shape index (κ1) is 20.9. The number of rotatable bonds is 7. The summed E-state index contributed by atoms with van der Waals surface area (Å²) >= 11 is 0. The molecule has 0 radical (unpaired) electrons. The summed E-state index contributed by atoms with van der Waals surface area (Å²) in [6.45, 7) is 5.55. The summed E-state index contributed by atoms with van der Waals surface area (Å²) in [5.74, 6) is -0.00171. The number of aryl methyl sites for hydroxylation is 1.